The average Bonchev–Trinajstić information content (AvgIpc) is 1.85. The van der Waals surface area contributed by atoms with Crippen LogP contribution in [-0.4, -0.2) is 23.8 Å². The van der Waals surface area contributed by atoms with E-state index in [4.69, 9.17) is 9.84 Å². The predicted molar refractivity (Wildman–Crippen MR) is 38.0 cm³/mol. The molecule has 0 aromatic carbocycles. The molecular formula is C7H14O3. The van der Waals surface area contributed by atoms with E-state index in [1.165, 1.54) is 0 Å². The lowest BCUT2D eigenvalue weighted by atomic mass is 10.2. The SMILES string of the molecule is CCC[C@@H](C)OCC(=O)O. The van der Waals surface area contributed by atoms with Crippen molar-refractivity contribution in [3.8, 4) is 0 Å². The monoisotopic (exact) mass is 146 g/mol. The van der Waals surface area contributed by atoms with E-state index in [2.05, 4.69) is 0 Å². The summed E-state index contributed by atoms with van der Waals surface area (Å²) >= 11 is 0. The molecule has 0 radical (unpaired) electrons. The molecule has 3 nitrogen and oxygen atoms in total. The third-order valence-corrected chi connectivity index (χ3v) is 1.19. The van der Waals surface area contributed by atoms with Crippen molar-refractivity contribution >= 4 is 5.97 Å². The Balaban J connectivity index is 3.21. The quantitative estimate of drug-likeness (QED) is 0.635. The Labute approximate surface area is 61.0 Å². The molecule has 3 heteroatoms. The highest BCUT2D eigenvalue weighted by Gasteiger charge is 2.02. The minimum Gasteiger partial charge on any atom is -0.480 e. The van der Waals surface area contributed by atoms with Crippen LogP contribution in [0.15, 0.2) is 0 Å². The Morgan fingerprint density at radius 2 is 2.30 bits per heavy atom. The molecule has 0 fully saturated rings. The molecule has 0 aliphatic carbocycles. The maximum Gasteiger partial charge on any atom is 0.329 e. The summed E-state index contributed by atoms with van der Waals surface area (Å²) in [4.78, 5) is 9.98. The van der Waals surface area contributed by atoms with Gasteiger partial charge in [0.25, 0.3) is 0 Å². The second-order valence-electron chi connectivity index (χ2n) is 2.30. The van der Waals surface area contributed by atoms with E-state index >= 15 is 0 Å². The van der Waals surface area contributed by atoms with Crippen LogP contribution in [0.2, 0.25) is 0 Å². The van der Waals surface area contributed by atoms with Crippen LogP contribution < -0.4 is 0 Å². The number of hydrogen-bond acceptors (Lipinski definition) is 2. The summed E-state index contributed by atoms with van der Waals surface area (Å²) in [6, 6.07) is 0. The molecule has 60 valence electrons. The van der Waals surface area contributed by atoms with Crippen molar-refractivity contribution in [2.45, 2.75) is 32.8 Å². The molecule has 0 spiro atoms. The predicted octanol–water partition coefficient (Wildman–Crippen LogP) is 1.28. The Kier molecular flexibility index (Phi) is 4.94. The van der Waals surface area contributed by atoms with Crippen molar-refractivity contribution in [3.05, 3.63) is 0 Å². The van der Waals surface area contributed by atoms with Crippen molar-refractivity contribution in [3.63, 3.8) is 0 Å². The van der Waals surface area contributed by atoms with Crippen LogP contribution in [-0.2, 0) is 9.53 Å². The summed E-state index contributed by atoms with van der Waals surface area (Å²) in [5.41, 5.74) is 0. The Bertz CT molecular complexity index is 101. The van der Waals surface area contributed by atoms with Crippen LogP contribution in [0.4, 0.5) is 0 Å². The van der Waals surface area contributed by atoms with Crippen LogP contribution in [0.3, 0.4) is 0 Å². The maximum absolute atomic E-state index is 9.98. The smallest absolute Gasteiger partial charge is 0.329 e. The van der Waals surface area contributed by atoms with Crippen molar-refractivity contribution in [2.24, 2.45) is 0 Å². The van der Waals surface area contributed by atoms with E-state index in [0.29, 0.717) is 0 Å². The molecule has 1 N–H and O–H groups in total. The van der Waals surface area contributed by atoms with Crippen molar-refractivity contribution in [1.29, 1.82) is 0 Å². The van der Waals surface area contributed by atoms with Crippen molar-refractivity contribution in [2.75, 3.05) is 6.61 Å². The molecule has 1 atom stereocenters. The molecule has 0 saturated carbocycles. The van der Waals surface area contributed by atoms with Gasteiger partial charge in [-0.05, 0) is 13.3 Å². The highest BCUT2D eigenvalue weighted by Crippen LogP contribution is 1.99. The van der Waals surface area contributed by atoms with Gasteiger partial charge in [0.2, 0.25) is 0 Å². The van der Waals surface area contributed by atoms with E-state index in [9.17, 15) is 4.79 Å². The first-order valence-electron chi connectivity index (χ1n) is 3.50. The fraction of sp³-hybridized carbons (Fsp3) is 0.857. The van der Waals surface area contributed by atoms with E-state index in [0.717, 1.165) is 12.8 Å². The second kappa shape index (κ2) is 5.23. The Morgan fingerprint density at radius 3 is 2.70 bits per heavy atom. The molecular weight excluding hydrogens is 132 g/mol. The number of hydrogen-bond donors (Lipinski definition) is 1. The van der Waals surface area contributed by atoms with Gasteiger partial charge >= 0.3 is 5.97 Å². The molecule has 0 aliphatic rings. The first kappa shape index (κ1) is 9.43. The summed E-state index contributed by atoms with van der Waals surface area (Å²) in [5, 5.41) is 8.21. The highest BCUT2D eigenvalue weighted by molar-refractivity contribution is 5.68. The first-order chi connectivity index (χ1) is 4.66. The van der Waals surface area contributed by atoms with Crippen LogP contribution in [0.5, 0.6) is 0 Å². The third-order valence-electron chi connectivity index (χ3n) is 1.19. The van der Waals surface area contributed by atoms with Crippen LogP contribution in [0, 0.1) is 0 Å². The normalized spacial score (nSPS) is 13.0. The number of carboxylic acids is 1. The third kappa shape index (κ3) is 5.56. The standard InChI is InChI=1S/C7H14O3/c1-3-4-6(2)10-5-7(8)9/h6H,3-5H2,1-2H3,(H,8,9)/t6-/m1/s1. The fourth-order valence-corrected chi connectivity index (χ4v) is 0.703. The summed E-state index contributed by atoms with van der Waals surface area (Å²) < 4.78 is 4.94. The van der Waals surface area contributed by atoms with Gasteiger partial charge in [0.1, 0.15) is 6.61 Å². The Morgan fingerprint density at radius 1 is 1.70 bits per heavy atom. The minimum absolute atomic E-state index is 0.0705. The largest absolute Gasteiger partial charge is 0.480 e. The molecule has 0 rings (SSSR count). The molecule has 0 aromatic heterocycles. The van der Waals surface area contributed by atoms with Crippen LogP contribution in [0.1, 0.15) is 26.7 Å². The van der Waals surface area contributed by atoms with Crippen LogP contribution >= 0.6 is 0 Å². The zero-order chi connectivity index (χ0) is 7.98. The molecule has 0 unspecified atom stereocenters. The van der Waals surface area contributed by atoms with Gasteiger partial charge in [0.05, 0.1) is 6.10 Å². The minimum atomic E-state index is -0.900. The lowest BCUT2D eigenvalue weighted by molar-refractivity contribution is -0.144. The van der Waals surface area contributed by atoms with Gasteiger partial charge in [0, 0.05) is 0 Å². The van der Waals surface area contributed by atoms with E-state index in [-0.39, 0.29) is 12.7 Å². The van der Waals surface area contributed by atoms with Crippen molar-refractivity contribution in [1.82, 2.24) is 0 Å². The summed E-state index contributed by atoms with van der Waals surface area (Å²) in [6.07, 6.45) is 2.02. The number of aliphatic carboxylic acids is 1. The average molecular weight is 146 g/mol. The topological polar surface area (TPSA) is 46.5 Å². The van der Waals surface area contributed by atoms with Crippen LogP contribution in [0.25, 0.3) is 0 Å². The summed E-state index contributed by atoms with van der Waals surface area (Å²) in [6.45, 7) is 3.74. The summed E-state index contributed by atoms with van der Waals surface area (Å²) in [5.74, 6) is -0.900. The molecule has 0 saturated heterocycles. The van der Waals surface area contributed by atoms with Gasteiger partial charge in [-0.25, -0.2) is 4.79 Å². The molecule has 0 aliphatic heterocycles. The van der Waals surface area contributed by atoms with E-state index in [1.54, 1.807) is 0 Å². The summed E-state index contributed by atoms with van der Waals surface area (Å²) in [7, 11) is 0. The number of ether oxygens (including phenoxy) is 1. The van der Waals surface area contributed by atoms with E-state index in [1.807, 2.05) is 13.8 Å². The second-order valence-corrected chi connectivity index (χ2v) is 2.30. The van der Waals surface area contributed by atoms with Gasteiger partial charge in [-0.1, -0.05) is 13.3 Å². The lowest BCUT2D eigenvalue weighted by Crippen LogP contribution is -2.14. The number of rotatable bonds is 5. The van der Waals surface area contributed by atoms with Gasteiger partial charge in [-0.2, -0.15) is 0 Å². The zero-order valence-electron chi connectivity index (χ0n) is 6.46. The highest BCUT2D eigenvalue weighted by atomic mass is 16.5. The van der Waals surface area contributed by atoms with Gasteiger partial charge < -0.3 is 9.84 Å². The van der Waals surface area contributed by atoms with Gasteiger partial charge in [-0.3, -0.25) is 0 Å². The van der Waals surface area contributed by atoms with E-state index < -0.39 is 5.97 Å². The van der Waals surface area contributed by atoms with Crippen molar-refractivity contribution < 1.29 is 14.6 Å². The molecule has 0 bridgehead atoms. The molecule has 0 heterocycles. The molecule has 0 aromatic rings. The van der Waals surface area contributed by atoms with Gasteiger partial charge in [-0.15, -0.1) is 0 Å². The van der Waals surface area contributed by atoms with Gasteiger partial charge in [0.15, 0.2) is 0 Å². The Hall–Kier alpha value is -0.570. The first-order valence-corrected chi connectivity index (χ1v) is 3.50. The molecule has 10 heavy (non-hydrogen) atoms. The number of carbonyl (C=O) groups is 1. The molecule has 0 amide bonds. The number of carboxylic acid groups (broad SMARTS) is 1. The maximum atomic E-state index is 9.98. The lowest BCUT2D eigenvalue weighted by Gasteiger charge is -2.08. The zero-order valence-corrected chi connectivity index (χ0v) is 6.46. The fourth-order valence-electron chi connectivity index (χ4n) is 0.703.